The van der Waals surface area contributed by atoms with Crippen LogP contribution in [0.1, 0.15) is 30.6 Å². The number of fused-ring (bicyclic) bond motifs is 2. The largest absolute Gasteiger partial charge is 0.468 e. The van der Waals surface area contributed by atoms with Gasteiger partial charge in [0, 0.05) is 25.2 Å². The quantitative estimate of drug-likeness (QED) is 0.825. The van der Waals surface area contributed by atoms with E-state index in [0.717, 1.165) is 18.3 Å². The number of nitrogens with zero attached hydrogens (tertiary/aromatic N) is 1. The second-order valence-electron chi connectivity index (χ2n) is 5.19. The van der Waals surface area contributed by atoms with Crippen LogP contribution in [0, 0.1) is 6.92 Å². The molecule has 1 N–H and O–H groups in total. The first kappa shape index (κ1) is 10.4. The molecular weight excluding hydrogens is 200 g/mol. The second-order valence-corrected chi connectivity index (χ2v) is 5.19. The number of furan rings is 1. The standard InChI is InChI=1S/C13H20N2O/c1-10-5-7-16-13(10)9-15-6-4-11-2-3-12(8-15)14-11/h5,7,11-12,14H,2-4,6,8-9H2,1H3. The molecule has 0 radical (unpaired) electrons. The molecule has 3 rings (SSSR count). The Hall–Kier alpha value is -0.800. The number of likely N-dealkylation sites (tertiary alicyclic amines) is 1. The third kappa shape index (κ3) is 2.02. The van der Waals surface area contributed by atoms with Crippen LogP contribution in [0.3, 0.4) is 0 Å². The summed E-state index contributed by atoms with van der Waals surface area (Å²) < 4.78 is 5.53. The van der Waals surface area contributed by atoms with Gasteiger partial charge in [-0.15, -0.1) is 0 Å². The number of hydrogen-bond acceptors (Lipinski definition) is 3. The Morgan fingerprint density at radius 3 is 3.06 bits per heavy atom. The smallest absolute Gasteiger partial charge is 0.120 e. The molecule has 0 spiro atoms. The molecule has 0 saturated carbocycles. The minimum atomic E-state index is 0.711. The van der Waals surface area contributed by atoms with E-state index >= 15 is 0 Å². The predicted octanol–water partition coefficient (Wildman–Crippen LogP) is 1.91. The van der Waals surface area contributed by atoms with E-state index in [1.54, 1.807) is 6.26 Å². The summed E-state index contributed by atoms with van der Waals surface area (Å²) in [5.41, 5.74) is 1.28. The highest BCUT2D eigenvalue weighted by Gasteiger charge is 2.29. The van der Waals surface area contributed by atoms with Crippen molar-refractivity contribution in [3.63, 3.8) is 0 Å². The van der Waals surface area contributed by atoms with Crippen molar-refractivity contribution in [1.29, 1.82) is 0 Å². The van der Waals surface area contributed by atoms with E-state index in [1.807, 2.05) is 0 Å². The molecule has 16 heavy (non-hydrogen) atoms. The molecule has 3 heteroatoms. The van der Waals surface area contributed by atoms with Crippen LogP contribution in [0.4, 0.5) is 0 Å². The van der Waals surface area contributed by atoms with Crippen molar-refractivity contribution in [2.45, 2.75) is 44.8 Å². The average Bonchev–Trinajstić information content (AvgIpc) is 2.78. The Morgan fingerprint density at radius 1 is 1.38 bits per heavy atom. The molecule has 1 aromatic rings. The molecule has 2 atom stereocenters. The van der Waals surface area contributed by atoms with E-state index in [1.165, 1.54) is 37.9 Å². The molecule has 3 nitrogen and oxygen atoms in total. The van der Waals surface area contributed by atoms with Crippen LogP contribution in [0.25, 0.3) is 0 Å². The maximum Gasteiger partial charge on any atom is 0.120 e. The average molecular weight is 220 g/mol. The highest BCUT2D eigenvalue weighted by Crippen LogP contribution is 2.22. The summed E-state index contributed by atoms with van der Waals surface area (Å²) in [6.07, 6.45) is 5.81. The topological polar surface area (TPSA) is 28.4 Å². The number of aryl methyl sites for hydroxylation is 1. The predicted molar refractivity (Wildman–Crippen MR) is 63.3 cm³/mol. The fourth-order valence-electron chi connectivity index (χ4n) is 2.93. The van der Waals surface area contributed by atoms with Gasteiger partial charge in [0.05, 0.1) is 12.8 Å². The van der Waals surface area contributed by atoms with Crippen molar-refractivity contribution in [3.05, 3.63) is 23.7 Å². The highest BCUT2D eigenvalue weighted by atomic mass is 16.3. The third-order valence-electron chi connectivity index (χ3n) is 3.94. The van der Waals surface area contributed by atoms with Gasteiger partial charge in [-0.2, -0.15) is 0 Å². The van der Waals surface area contributed by atoms with Gasteiger partial charge in [0.2, 0.25) is 0 Å². The van der Waals surface area contributed by atoms with E-state index in [0.29, 0.717) is 6.04 Å². The van der Waals surface area contributed by atoms with Crippen molar-refractivity contribution in [2.75, 3.05) is 13.1 Å². The van der Waals surface area contributed by atoms with Crippen molar-refractivity contribution in [2.24, 2.45) is 0 Å². The van der Waals surface area contributed by atoms with Crippen molar-refractivity contribution >= 4 is 0 Å². The highest BCUT2D eigenvalue weighted by molar-refractivity contribution is 5.14. The first-order valence-corrected chi connectivity index (χ1v) is 6.32. The Labute approximate surface area is 96.8 Å². The van der Waals surface area contributed by atoms with Crippen LogP contribution in [0.5, 0.6) is 0 Å². The maximum atomic E-state index is 5.53. The van der Waals surface area contributed by atoms with E-state index in [4.69, 9.17) is 4.42 Å². The van der Waals surface area contributed by atoms with Gasteiger partial charge in [0.1, 0.15) is 5.76 Å². The van der Waals surface area contributed by atoms with Crippen LogP contribution in [-0.2, 0) is 6.54 Å². The van der Waals surface area contributed by atoms with Crippen molar-refractivity contribution in [3.8, 4) is 0 Å². The summed E-state index contributed by atoms with van der Waals surface area (Å²) in [7, 11) is 0. The van der Waals surface area contributed by atoms with Gasteiger partial charge < -0.3 is 9.73 Å². The van der Waals surface area contributed by atoms with E-state index < -0.39 is 0 Å². The molecule has 0 aromatic carbocycles. The van der Waals surface area contributed by atoms with Gasteiger partial charge in [0.15, 0.2) is 0 Å². The molecule has 88 valence electrons. The van der Waals surface area contributed by atoms with Gasteiger partial charge in [0.25, 0.3) is 0 Å². The summed E-state index contributed by atoms with van der Waals surface area (Å²) >= 11 is 0. The molecule has 2 saturated heterocycles. The molecule has 2 unspecified atom stereocenters. The minimum Gasteiger partial charge on any atom is -0.468 e. The molecule has 2 aliphatic heterocycles. The molecule has 2 aliphatic rings. The molecule has 0 amide bonds. The van der Waals surface area contributed by atoms with E-state index in [-0.39, 0.29) is 0 Å². The third-order valence-corrected chi connectivity index (χ3v) is 3.94. The number of hydrogen-bond donors (Lipinski definition) is 1. The van der Waals surface area contributed by atoms with Crippen LogP contribution < -0.4 is 5.32 Å². The normalized spacial score (nSPS) is 30.6. The minimum absolute atomic E-state index is 0.711. The molecule has 2 fully saturated rings. The lowest BCUT2D eigenvalue weighted by Crippen LogP contribution is -2.34. The van der Waals surface area contributed by atoms with Crippen LogP contribution in [0.15, 0.2) is 16.7 Å². The van der Waals surface area contributed by atoms with E-state index in [9.17, 15) is 0 Å². The summed E-state index contributed by atoms with van der Waals surface area (Å²) in [4.78, 5) is 2.53. The first-order valence-electron chi connectivity index (χ1n) is 6.32. The number of nitrogens with one attached hydrogen (secondary N) is 1. The van der Waals surface area contributed by atoms with Crippen molar-refractivity contribution in [1.82, 2.24) is 10.2 Å². The van der Waals surface area contributed by atoms with Crippen LogP contribution >= 0.6 is 0 Å². The Balaban J connectivity index is 1.65. The van der Waals surface area contributed by atoms with Crippen LogP contribution in [0.2, 0.25) is 0 Å². The fourth-order valence-corrected chi connectivity index (χ4v) is 2.93. The molecular formula is C13H20N2O. The van der Waals surface area contributed by atoms with Crippen molar-refractivity contribution < 1.29 is 4.42 Å². The zero-order valence-corrected chi connectivity index (χ0v) is 9.91. The lowest BCUT2D eigenvalue weighted by atomic mass is 10.1. The lowest BCUT2D eigenvalue weighted by Gasteiger charge is -2.23. The SMILES string of the molecule is Cc1ccoc1CN1CCC2CCC(C1)N2. The van der Waals surface area contributed by atoms with E-state index in [2.05, 4.69) is 23.2 Å². The van der Waals surface area contributed by atoms with Gasteiger partial charge in [-0.1, -0.05) is 0 Å². The van der Waals surface area contributed by atoms with Gasteiger partial charge in [-0.3, -0.25) is 4.90 Å². The zero-order chi connectivity index (χ0) is 11.0. The fraction of sp³-hybridized carbons (Fsp3) is 0.692. The Morgan fingerprint density at radius 2 is 2.25 bits per heavy atom. The monoisotopic (exact) mass is 220 g/mol. The summed E-state index contributed by atoms with van der Waals surface area (Å²) in [6.45, 7) is 5.48. The van der Waals surface area contributed by atoms with Gasteiger partial charge in [-0.25, -0.2) is 0 Å². The molecule has 0 aliphatic carbocycles. The summed E-state index contributed by atoms with van der Waals surface area (Å²) in [5.74, 6) is 1.14. The van der Waals surface area contributed by atoms with Gasteiger partial charge in [-0.05, 0) is 37.8 Å². The molecule has 1 aromatic heterocycles. The maximum absolute atomic E-state index is 5.53. The van der Waals surface area contributed by atoms with Gasteiger partial charge >= 0.3 is 0 Å². The second kappa shape index (κ2) is 4.22. The molecule has 2 bridgehead atoms. The number of rotatable bonds is 2. The zero-order valence-electron chi connectivity index (χ0n) is 9.91. The first-order chi connectivity index (χ1) is 7.81. The lowest BCUT2D eigenvalue weighted by molar-refractivity contribution is 0.231. The van der Waals surface area contributed by atoms with Crippen LogP contribution in [-0.4, -0.2) is 30.1 Å². The molecule has 3 heterocycles. The Kier molecular flexibility index (Phi) is 2.74. The summed E-state index contributed by atoms with van der Waals surface area (Å²) in [5, 5.41) is 3.70. The summed E-state index contributed by atoms with van der Waals surface area (Å²) in [6, 6.07) is 3.54. The Bertz CT molecular complexity index is 361.